The molecule has 7 heteroatoms. The molecule has 3 aromatic heterocycles. The van der Waals surface area contributed by atoms with Gasteiger partial charge in [-0.25, -0.2) is 0 Å². The van der Waals surface area contributed by atoms with Crippen molar-refractivity contribution in [2.75, 3.05) is 0 Å². The van der Waals surface area contributed by atoms with Crippen molar-refractivity contribution < 1.29 is 18.3 Å². The zero-order chi connectivity index (χ0) is 21.5. The lowest BCUT2D eigenvalue weighted by Crippen LogP contribution is -2.39. The number of alkyl halides is 3. The summed E-state index contributed by atoms with van der Waals surface area (Å²) >= 11 is 1.58. The Hall–Kier alpha value is -2.77. The van der Waals surface area contributed by atoms with Gasteiger partial charge in [-0.15, -0.1) is 11.3 Å². The maximum Gasteiger partial charge on any atom is 0.421 e. The molecule has 1 atom stereocenters. The first-order chi connectivity index (χ1) is 14.2. The summed E-state index contributed by atoms with van der Waals surface area (Å²) in [5, 5.41) is 11.0. The molecule has 0 aliphatic rings. The summed E-state index contributed by atoms with van der Waals surface area (Å²) in [6, 6.07) is 14.2. The van der Waals surface area contributed by atoms with Crippen molar-refractivity contribution in [2.45, 2.75) is 32.0 Å². The lowest BCUT2D eigenvalue weighted by atomic mass is 9.94. The fraction of sp³-hybridized carbons (Fsp3) is 0.217. The Morgan fingerprint density at radius 2 is 1.80 bits per heavy atom. The largest absolute Gasteiger partial charge is 0.421 e. The van der Waals surface area contributed by atoms with Crippen LogP contribution in [0.1, 0.15) is 28.6 Å². The van der Waals surface area contributed by atoms with E-state index in [0.29, 0.717) is 12.1 Å². The van der Waals surface area contributed by atoms with Gasteiger partial charge in [0.2, 0.25) is 0 Å². The van der Waals surface area contributed by atoms with Crippen molar-refractivity contribution in [3.63, 3.8) is 0 Å². The van der Waals surface area contributed by atoms with Crippen LogP contribution >= 0.6 is 11.3 Å². The van der Waals surface area contributed by atoms with E-state index in [-0.39, 0.29) is 5.56 Å². The van der Waals surface area contributed by atoms with Crippen molar-refractivity contribution in [3.8, 4) is 11.3 Å². The molecule has 0 aliphatic heterocycles. The monoisotopic (exact) mass is 428 g/mol. The number of hydrogen-bond acceptors (Lipinski definition) is 4. The highest BCUT2D eigenvalue weighted by molar-refractivity contribution is 7.19. The summed E-state index contributed by atoms with van der Waals surface area (Å²) in [5.74, 6) is 0. The molecule has 1 N–H and O–H groups in total. The van der Waals surface area contributed by atoms with Gasteiger partial charge in [0.15, 0.2) is 5.60 Å². The van der Waals surface area contributed by atoms with E-state index in [0.717, 1.165) is 38.7 Å². The van der Waals surface area contributed by atoms with Gasteiger partial charge in [0.1, 0.15) is 0 Å². The second kappa shape index (κ2) is 7.49. The van der Waals surface area contributed by atoms with Crippen LogP contribution in [0.25, 0.3) is 21.3 Å². The number of rotatable bonds is 4. The van der Waals surface area contributed by atoms with E-state index < -0.39 is 11.8 Å². The normalized spacial score (nSPS) is 14.1. The molecule has 4 aromatic rings. The van der Waals surface area contributed by atoms with Gasteiger partial charge in [0, 0.05) is 39.6 Å². The molecule has 0 spiro atoms. The molecule has 0 fully saturated rings. The van der Waals surface area contributed by atoms with Crippen LogP contribution in [0.15, 0.2) is 60.9 Å². The van der Waals surface area contributed by atoms with Crippen molar-refractivity contribution in [3.05, 3.63) is 82.6 Å². The summed E-state index contributed by atoms with van der Waals surface area (Å²) < 4.78 is 40.8. The number of thiophene rings is 1. The summed E-state index contributed by atoms with van der Waals surface area (Å²) in [7, 11) is 0. The van der Waals surface area contributed by atoms with Gasteiger partial charge in [-0.1, -0.05) is 24.3 Å². The maximum atomic E-state index is 13.3. The lowest BCUT2D eigenvalue weighted by Gasteiger charge is -2.26. The van der Waals surface area contributed by atoms with Crippen molar-refractivity contribution in [1.29, 1.82) is 0 Å². The number of aliphatic hydroxyl groups is 1. The maximum absolute atomic E-state index is 13.3. The molecule has 0 saturated heterocycles. The van der Waals surface area contributed by atoms with Gasteiger partial charge in [-0.2, -0.15) is 13.2 Å². The molecule has 30 heavy (non-hydrogen) atoms. The van der Waals surface area contributed by atoms with E-state index in [1.165, 1.54) is 18.3 Å². The summed E-state index contributed by atoms with van der Waals surface area (Å²) in [6.45, 7) is 2.77. The van der Waals surface area contributed by atoms with Crippen LogP contribution in [0, 0.1) is 6.92 Å². The van der Waals surface area contributed by atoms with Crippen LogP contribution in [0.5, 0.6) is 0 Å². The molecule has 1 aromatic carbocycles. The number of hydrogen-bond donors (Lipinski definition) is 1. The predicted molar refractivity (Wildman–Crippen MR) is 112 cm³/mol. The zero-order valence-electron chi connectivity index (χ0n) is 16.4. The minimum Gasteiger partial charge on any atom is -0.376 e. The fourth-order valence-electron chi connectivity index (χ4n) is 3.32. The smallest absolute Gasteiger partial charge is 0.376 e. The van der Waals surface area contributed by atoms with E-state index in [4.69, 9.17) is 0 Å². The number of halogens is 3. The third-order valence-corrected chi connectivity index (χ3v) is 6.39. The summed E-state index contributed by atoms with van der Waals surface area (Å²) in [6.07, 6.45) is -1.03. The van der Waals surface area contributed by atoms with Gasteiger partial charge >= 0.3 is 6.18 Å². The van der Waals surface area contributed by atoms with E-state index in [2.05, 4.69) is 16.0 Å². The molecular formula is C23H19F3N2OS. The number of benzene rings is 1. The van der Waals surface area contributed by atoms with Crippen molar-refractivity contribution in [1.82, 2.24) is 9.97 Å². The first-order valence-electron chi connectivity index (χ1n) is 9.35. The van der Waals surface area contributed by atoms with E-state index >= 15 is 0 Å². The highest BCUT2D eigenvalue weighted by atomic mass is 32.1. The predicted octanol–water partition coefficient (Wildman–Crippen LogP) is 6.03. The molecule has 4 rings (SSSR count). The Balaban J connectivity index is 1.76. The SMILES string of the molecule is Cc1cccnc1Cc1cc2cccc(-c3cc(C(C)(O)C(F)(F)F)ccn3)c2s1. The number of nitrogens with zero attached hydrogens (tertiary/aromatic N) is 2. The third kappa shape index (κ3) is 3.70. The van der Waals surface area contributed by atoms with Crippen LogP contribution in [0.3, 0.4) is 0 Å². The molecule has 0 bridgehead atoms. The summed E-state index contributed by atoms with van der Waals surface area (Å²) in [5.41, 5.74) is 0.0468. The van der Waals surface area contributed by atoms with Crippen LogP contribution in [0.4, 0.5) is 13.2 Å². The van der Waals surface area contributed by atoms with E-state index in [1.807, 2.05) is 37.3 Å². The minimum absolute atomic E-state index is 0.238. The van der Waals surface area contributed by atoms with E-state index in [9.17, 15) is 18.3 Å². The van der Waals surface area contributed by atoms with Gasteiger partial charge < -0.3 is 5.11 Å². The van der Waals surface area contributed by atoms with Gasteiger partial charge in [0.05, 0.1) is 5.69 Å². The molecule has 154 valence electrons. The number of aryl methyl sites for hydroxylation is 1. The molecule has 0 radical (unpaired) electrons. The highest BCUT2D eigenvalue weighted by Crippen LogP contribution is 2.40. The van der Waals surface area contributed by atoms with Crippen LogP contribution in [-0.4, -0.2) is 21.3 Å². The minimum atomic E-state index is -4.78. The average molecular weight is 428 g/mol. The lowest BCUT2D eigenvalue weighted by molar-refractivity contribution is -0.258. The average Bonchev–Trinajstić information content (AvgIpc) is 3.11. The standard InChI is InChI=1S/C23H19F3N2OS/c1-14-5-4-9-27-19(14)13-17-11-15-6-3-7-18(21(15)30-17)20-12-16(8-10-28-20)22(2,29)23(24,25)26/h3-12,29H,13H2,1-2H3. The van der Waals surface area contributed by atoms with Crippen LogP contribution < -0.4 is 0 Å². The summed E-state index contributed by atoms with van der Waals surface area (Å²) in [4.78, 5) is 9.83. The van der Waals surface area contributed by atoms with Crippen LogP contribution in [0.2, 0.25) is 0 Å². The quantitative estimate of drug-likeness (QED) is 0.432. The third-order valence-electron chi connectivity index (χ3n) is 5.20. The second-order valence-electron chi connectivity index (χ2n) is 7.38. The van der Waals surface area contributed by atoms with Crippen LogP contribution in [-0.2, 0) is 12.0 Å². The Kier molecular flexibility index (Phi) is 5.11. The van der Waals surface area contributed by atoms with Gasteiger partial charge in [0.25, 0.3) is 0 Å². The Morgan fingerprint density at radius 1 is 1.00 bits per heavy atom. The zero-order valence-corrected chi connectivity index (χ0v) is 17.2. The highest BCUT2D eigenvalue weighted by Gasteiger charge is 2.51. The first kappa shape index (κ1) is 20.5. The number of pyridine rings is 2. The molecule has 3 heterocycles. The number of fused-ring (bicyclic) bond motifs is 1. The van der Waals surface area contributed by atoms with Gasteiger partial charge in [-0.3, -0.25) is 9.97 Å². The molecule has 1 unspecified atom stereocenters. The number of aromatic nitrogens is 2. The Morgan fingerprint density at radius 3 is 2.53 bits per heavy atom. The Bertz CT molecular complexity index is 1210. The van der Waals surface area contributed by atoms with Gasteiger partial charge in [-0.05, 0) is 54.6 Å². The van der Waals surface area contributed by atoms with E-state index in [1.54, 1.807) is 17.5 Å². The topological polar surface area (TPSA) is 46.0 Å². The van der Waals surface area contributed by atoms with Crippen molar-refractivity contribution in [2.24, 2.45) is 0 Å². The molecule has 0 saturated carbocycles. The molecular weight excluding hydrogens is 409 g/mol. The Labute approximate surface area is 175 Å². The molecule has 0 aliphatic carbocycles. The second-order valence-corrected chi connectivity index (χ2v) is 8.52. The molecule has 3 nitrogen and oxygen atoms in total. The molecule has 0 amide bonds. The fourth-order valence-corrected chi connectivity index (χ4v) is 4.50. The first-order valence-corrected chi connectivity index (χ1v) is 10.2. The van der Waals surface area contributed by atoms with Crippen molar-refractivity contribution >= 4 is 21.4 Å².